The molecule has 0 aromatic heterocycles. The van der Waals surface area contributed by atoms with Crippen LogP contribution in [0.4, 0.5) is 0 Å². The van der Waals surface area contributed by atoms with Gasteiger partial charge in [-0.05, 0) is 49.3 Å². The minimum atomic E-state index is 0.0457. The smallest absolute Gasteiger partial charge is 0.160 e. The molecule has 0 unspecified atom stereocenters. The Morgan fingerprint density at radius 2 is 1.50 bits per heavy atom. The topological polar surface area (TPSA) is 40.5 Å². The molecule has 0 radical (unpaired) electrons. The third kappa shape index (κ3) is 3.41. The SMILES string of the molecule is CCCCc1cc(O)c(O)c(CCCC)c1CC. The maximum Gasteiger partial charge on any atom is 0.160 e. The number of benzene rings is 1. The largest absolute Gasteiger partial charge is 0.504 e. The van der Waals surface area contributed by atoms with Crippen molar-refractivity contribution < 1.29 is 10.2 Å². The van der Waals surface area contributed by atoms with Crippen LogP contribution >= 0.6 is 0 Å². The lowest BCUT2D eigenvalue weighted by molar-refractivity contribution is 0.397. The molecule has 0 atom stereocenters. The summed E-state index contributed by atoms with van der Waals surface area (Å²) in [6, 6.07) is 1.75. The van der Waals surface area contributed by atoms with E-state index in [0.29, 0.717) is 0 Å². The van der Waals surface area contributed by atoms with Crippen LogP contribution in [0.25, 0.3) is 0 Å². The second-order valence-electron chi connectivity index (χ2n) is 4.92. The average Bonchev–Trinajstić information content (AvgIpc) is 2.38. The van der Waals surface area contributed by atoms with E-state index < -0.39 is 0 Å². The number of phenolic OH excluding ortho intramolecular Hbond substituents is 2. The summed E-state index contributed by atoms with van der Waals surface area (Å²) in [5.41, 5.74) is 3.42. The van der Waals surface area contributed by atoms with Gasteiger partial charge >= 0.3 is 0 Å². The molecule has 1 rings (SSSR count). The van der Waals surface area contributed by atoms with Crippen molar-refractivity contribution in [2.45, 2.75) is 65.7 Å². The molecule has 2 N–H and O–H groups in total. The van der Waals surface area contributed by atoms with Crippen LogP contribution in [0.5, 0.6) is 11.5 Å². The molecule has 0 saturated carbocycles. The van der Waals surface area contributed by atoms with Gasteiger partial charge in [0.25, 0.3) is 0 Å². The zero-order valence-electron chi connectivity index (χ0n) is 11.9. The van der Waals surface area contributed by atoms with Crippen molar-refractivity contribution in [1.82, 2.24) is 0 Å². The molecule has 1 aromatic rings. The molecule has 0 fully saturated rings. The van der Waals surface area contributed by atoms with Crippen LogP contribution in [0.3, 0.4) is 0 Å². The highest BCUT2D eigenvalue weighted by Crippen LogP contribution is 2.36. The molecule has 0 saturated heterocycles. The van der Waals surface area contributed by atoms with Gasteiger partial charge in [0.15, 0.2) is 11.5 Å². The number of aryl methyl sites for hydroxylation is 1. The Labute approximate surface area is 111 Å². The predicted octanol–water partition coefficient (Wildman–Crippen LogP) is 4.35. The Hall–Kier alpha value is -1.18. The predicted molar refractivity (Wildman–Crippen MR) is 76.4 cm³/mol. The van der Waals surface area contributed by atoms with Gasteiger partial charge in [0, 0.05) is 5.56 Å². The van der Waals surface area contributed by atoms with Crippen LogP contribution in [0.2, 0.25) is 0 Å². The van der Waals surface area contributed by atoms with E-state index >= 15 is 0 Å². The van der Waals surface area contributed by atoms with Gasteiger partial charge in [-0.25, -0.2) is 0 Å². The summed E-state index contributed by atoms with van der Waals surface area (Å²) in [4.78, 5) is 0. The molecule has 2 nitrogen and oxygen atoms in total. The molecule has 0 heterocycles. The summed E-state index contributed by atoms with van der Waals surface area (Å²) in [7, 11) is 0. The van der Waals surface area contributed by atoms with Gasteiger partial charge in [-0.2, -0.15) is 0 Å². The second-order valence-corrected chi connectivity index (χ2v) is 4.92. The van der Waals surface area contributed by atoms with E-state index in [1.807, 2.05) is 0 Å². The number of phenols is 2. The maximum absolute atomic E-state index is 10.0. The number of unbranched alkanes of at least 4 members (excludes halogenated alkanes) is 2. The van der Waals surface area contributed by atoms with Crippen LogP contribution in [0.1, 0.15) is 63.1 Å². The first-order valence-corrected chi connectivity index (χ1v) is 7.21. The summed E-state index contributed by atoms with van der Waals surface area (Å²) in [6.45, 7) is 6.43. The first kappa shape index (κ1) is 14.9. The highest BCUT2D eigenvalue weighted by atomic mass is 16.3. The Morgan fingerprint density at radius 1 is 0.889 bits per heavy atom. The van der Waals surface area contributed by atoms with Gasteiger partial charge in [0.1, 0.15) is 0 Å². The van der Waals surface area contributed by atoms with Crippen molar-refractivity contribution in [1.29, 1.82) is 0 Å². The zero-order chi connectivity index (χ0) is 13.5. The third-order valence-electron chi connectivity index (χ3n) is 3.52. The molecule has 18 heavy (non-hydrogen) atoms. The van der Waals surface area contributed by atoms with Gasteiger partial charge in [-0.15, -0.1) is 0 Å². The molecular weight excluding hydrogens is 224 g/mol. The van der Waals surface area contributed by atoms with Crippen molar-refractivity contribution in [2.75, 3.05) is 0 Å². The lowest BCUT2D eigenvalue weighted by Crippen LogP contribution is -2.01. The molecule has 0 aliphatic carbocycles. The van der Waals surface area contributed by atoms with Crippen LogP contribution in [-0.2, 0) is 19.3 Å². The highest BCUT2D eigenvalue weighted by Gasteiger charge is 2.15. The van der Waals surface area contributed by atoms with Crippen molar-refractivity contribution in [3.63, 3.8) is 0 Å². The van der Waals surface area contributed by atoms with E-state index in [2.05, 4.69) is 20.8 Å². The van der Waals surface area contributed by atoms with E-state index in [1.54, 1.807) is 6.07 Å². The van der Waals surface area contributed by atoms with E-state index in [1.165, 1.54) is 11.1 Å². The average molecular weight is 250 g/mol. The Morgan fingerprint density at radius 3 is 2.06 bits per heavy atom. The van der Waals surface area contributed by atoms with E-state index in [-0.39, 0.29) is 11.5 Å². The summed E-state index contributed by atoms with van der Waals surface area (Å²) in [5, 5.41) is 19.9. The molecule has 0 spiro atoms. The van der Waals surface area contributed by atoms with Crippen molar-refractivity contribution >= 4 is 0 Å². The van der Waals surface area contributed by atoms with Crippen LogP contribution in [0.15, 0.2) is 6.07 Å². The number of rotatable bonds is 7. The maximum atomic E-state index is 10.0. The Bertz CT molecular complexity index is 383. The lowest BCUT2D eigenvalue weighted by Gasteiger charge is -2.16. The Kier molecular flexibility index (Phi) is 6.03. The van der Waals surface area contributed by atoms with Gasteiger partial charge in [0.05, 0.1) is 0 Å². The normalized spacial score (nSPS) is 10.8. The lowest BCUT2D eigenvalue weighted by atomic mass is 9.91. The summed E-state index contributed by atoms with van der Waals surface area (Å²) in [6.07, 6.45) is 7.21. The molecule has 0 amide bonds. The highest BCUT2D eigenvalue weighted by molar-refractivity contribution is 5.53. The molecule has 0 aliphatic heterocycles. The van der Waals surface area contributed by atoms with Crippen LogP contribution < -0.4 is 0 Å². The molecule has 1 aromatic carbocycles. The quantitative estimate of drug-likeness (QED) is 0.706. The fraction of sp³-hybridized carbons (Fsp3) is 0.625. The first-order valence-electron chi connectivity index (χ1n) is 7.21. The van der Waals surface area contributed by atoms with Crippen LogP contribution in [-0.4, -0.2) is 10.2 Å². The number of hydrogen-bond acceptors (Lipinski definition) is 2. The minimum Gasteiger partial charge on any atom is -0.504 e. The van der Waals surface area contributed by atoms with Gasteiger partial charge in [0.2, 0.25) is 0 Å². The fourth-order valence-corrected chi connectivity index (χ4v) is 2.47. The first-order chi connectivity index (χ1) is 8.65. The molecule has 0 bridgehead atoms. The summed E-state index contributed by atoms with van der Waals surface area (Å²) < 4.78 is 0. The molecule has 0 aliphatic rings. The number of aromatic hydroxyl groups is 2. The van der Waals surface area contributed by atoms with Gasteiger partial charge in [-0.1, -0.05) is 33.6 Å². The second kappa shape index (κ2) is 7.30. The van der Waals surface area contributed by atoms with Gasteiger partial charge in [-0.3, -0.25) is 0 Å². The zero-order valence-corrected chi connectivity index (χ0v) is 11.9. The van der Waals surface area contributed by atoms with E-state index in [0.717, 1.165) is 50.5 Å². The fourth-order valence-electron chi connectivity index (χ4n) is 2.47. The van der Waals surface area contributed by atoms with Crippen molar-refractivity contribution in [3.05, 3.63) is 22.8 Å². The monoisotopic (exact) mass is 250 g/mol. The van der Waals surface area contributed by atoms with Crippen LogP contribution in [0, 0.1) is 0 Å². The minimum absolute atomic E-state index is 0.0457. The Balaban J connectivity index is 3.14. The number of hydrogen-bond donors (Lipinski definition) is 2. The molecular formula is C16H26O2. The molecule has 102 valence electrons. The van der Waals surface area contributed by atoms with E-state index in [4.69, 9.17) is 0 Å². The third-order valence-corrected chi connectivity index (χ3v) is 3.52. The van der Waals surface area contributed by atoms with Gasteiger partial charge < -0.3 is 10.2 Å². The van der Waals surface area contributed by atoms with E-state index in [9.17, 15) is 10.2 Å². The summed E-state index contributed by atoms with van der Waals surface area (Å²) >= 11 is 0. The molecule has 2 heteroatoms. The van der Waals surface area contributed by atoms with Crippen molar-refractivity contribution in [2.24, 2.45) is 0 Å². The summed E-state index contributed by atoms with van der Waals surface area (Å²) in [5.74, 6) is 0.143. The standard InChI is InChI=1S/C16H26O2/c1-4-7-9-12-11-15(17)16(18)14(10-8-5-2)13(12)6-3/h11,17-18H,4-10H2,1-3H3. The van der Waals surface area contributed by atoms with Crippen molar-refractivity contribution in [3.8, 4) is 11.5 Å².